The number of ether oxygens (including phenoxy) is 1. The van der Waals surface area contributed by atoms with Gasteiger partial charge in [0.1, 0.15) is 11.2 Å². The van der Waals surface area contributed by atoms with Gasteiger partial charge in [-0.15, -0.1) is 0 Å². The van der Waals surface area contributed by atoms with Gasteiger partial charge in [0.15, 0.2) is 5.82 Å². The number of aryl methyl sites for hydroxylation is 2. The van der Waals surface area contributed by atoms with Crippen LogP contribution in [0.15, 0.2) is 0 Å². The summed E-state index contributed by atoms with van der Waals surface area (Å²) in [7, 11) is 1.88. The van der Waals surface area contributed by atoms with E-state index < -0.39 is 5.41 Å². The van der Waals surface area contributed by atoms with Crippen LogP contribution in [0.25, 0.3) is 0 Å². The Labute approximate surface area is 114 Å². The Hall–Kier alpha value is -1.39. The van der Waals surface area contributed by atoms with Gasteiger partial charge in [0.05, 0.1) is 6.61 Å². The van der Waals surface area contributed by atoms with Crippen LogP contribution in [-0.4, -0.2) is 27.3 Å². The summed E-state index contributed by atoms with van der Waals surface area (Å²) in [6.07, 6.45) is 5.61. The molecule has 0 saturated heterocycles. The first kappa shape index (κ1) is 14.0. The number of nitrogens with zero attached hydrogens (tertiary/aromatic N) is 3. The zero-order valence-electron chi connectivity index (χ0n) is 12.1. The van der Waals surface area contributed by atoms with Gasteiger partial charge < -0.3 is 4.74 Å². The minimum Gasteiger partial charge on any atom is -0.465 e. The number of hydrogen-bond acceptors (Lipinski definition) is 4. The molecule has 0 aliphatic heterocycles. The summed E-state index contributed by atoms with van der Waals surface area (Å²) in [6, 6.07) is 0. The lowest BCUT2D eigenvalue weighted by Crippen LogP contribution is -2.37. The molecule has 1 aliphatic rings. The molecule has 1 fully saturated rings. The highest BCUT2D eigenvalue weighted by Crippen LogP contribution is 2.41. The topological polar surface area (TPSA) is 57.0 Å². The summed E-state index contributed by atoms with van der Waals surface area (Å²) in [5.74, 6) is 1.48. The minimum atomic E-state index is -0.566. The second kappa shape index (κ2) is 5.72. The number of carbonyl (C=O) groups excluding carboxylic acids is 1. The molecule has 0 bridgehead atoms. The highest BCUT2D eigenvalue weighted by molar-refractivity contribution is 5.82. The van der Waals surface area contributed by atoms with Crippen molar-refractivity contribution in [2.24, 2.45) is 7.05 Å². The van der Waals surface area contributed by atoms with Crippen LogP contribution in [0.2, 0.25) is 0 Å². The van der Waals surface area contributed by atoms with Gasteiger partial charge in [-0.2, -0.15) is 5.10 Å². The third-order valence-corrected chi connectivity index (χ3v) is 3.83. The largest absolute Gasteiger partial charge is 0.465 e. The summed E-state index contributed by atoms with van der Waals surface area (Å²) >= 11 is 0. The van der Waals surface area contributed by atoms with Crippen molar-refractivity contribution in [3.8, 4) is 0 Å². The summed E-state index contributed by atoms with van der Waals surface area (Å²) in [6.45, 7) is 4.37. The quantitative estimate of drug-likeness (QED) is 0.765. The first-order chi connectivity index (χ1) is 9.14. The molecular formula is C14H23N3O2. The van der Waals surface area contributed by atoms with Crippen LogP contribution >= 0.6 is 0 Å². The summed E-state index contributed by atoms with van der Waals surface area (Å²) in [4.78, 5) is 17.0. The Morgan fingerprint density at radius 3 is 2.63 bits per heavy atom. The molecule has 0 unspecified atom stereocenters. The number of aromatic nitrogens is 3. The van der Waals surface area contributed by atoms with E-state index in [-0.39, 0.29) is 5.97 Å². The lowest BCUT2D eigenvalue weighted by atomic mass is 9.85. The number of hydrogen-bond donors (Lipinski definition) is 0. The van der Waals surface area contributed by atoms with E-state index in [9.17, 15) is 4.79 Å². The molecule has 5 heteroatoms. The fourth-order valence-corrected chi connectivity index (χ4v) is 2.95. The molecule has 0 aromatic carbocycles. The van der Waals surface area contributed by atoms with Crippen LogP contribution in [-0.2, 0) is 28.4 Å². The minimum absolute atomic E-state index is 0.133. The van der Waals surface area contributed by atoms with Crippen LogP contribution in [0.1, 0.15) is 57.6 Å². The monoisotopic (exact) mass is 265 g/mol. The van der Waals surface area contributed by atoms with Crippen molar-refractivity contribution in [2.45, 2.75) is 57.8 Å². The Morgan fingerprint density at radius 2 is 2.05 bits per heavy atom. The van der Waals surface area contributed by atoms with E-state index in [4.69, 9.17) is 4.74 Å². The third kappa shape index (κ3) is 2.51. The molecule has 0 amide bonds. The Bertz CT molecular complexity index is 448. The first-order valence-corrected chi connectivity index (χ1v) is 7.21. The summed E-state index contributed by atoms with van der Waals surface area (Å²) in [5.41, 5.74) is -0.566. The average molecular weight is 265 g/mol. The van der Waals surface area contributed by atoms with E-state index in [0.29, 0.717) is 6.61 Å². The fourth-order valence-electron chi connectivity index (χ4n) is 2.95. The molecule has 2 rings (SSSR count). The molecule has 0 N–H and O–H groups in total. The van der Waals surface area contributed by atoms with Crippen LogP contribution in [0.4, 0.5) is 0 Å². The van der Waals surface area contributed by atoms with Gasteiger partial charge in [-0.25, -0.2) is 4.98 Å². The molecule has 1 aromatic rings. The van der Waals surface area contributed by atoms with Crippen LogP contribution < -0.4 is 0 Å². The molecular weight excluding hydrogens is 242 g/mol. The van der Waals surface area contributed by atoms with E-state index >= 15 is 0 Å². The van der Waals surface area contributed by atoms with Crippen molar-refractivity contribution in [3.63, 3.8) is 0 Å². The third-order valence-electron chi connectivity index (χ3n) is 3.83. The molecule has 0 spiro atoms. The number of esters is 1. The Balaban J connectivity index is 2.36. The van der Waals surface area contributed by atoms with Gasteiger partial charge in [0, 0.05) is 13.5 Å². The predicted octanol–water partition coefficient (Wildman–Crippen LogP) is 2.14. The zero-order valence-corrected chi connectivity index (χ0v) is 12.1. The molecule has 0 atom stereocenters. The van der Waals surface area contributed by atoms with Gasteiger partial charge in [-0.05, 0) is 26.2 Å². The Kier molecular flexibility index (Phi) is 4.22. The van der Waals surface area contributed by atoms with E-state index in [1.807, 2.05) is 14.0 Å². The molecule has 1 aliphatic carbocycles. The lowest BCUT2D eigenvalue weighted by molar-refractivity contribution is -0.150. The van der Waals surface area contributed by atoms with E-state index in [1.165, 1.54) is 0 Å². The van der Waals surface area contributed by atoms with E-state index in [2.05, 4.69) is 17.0 Å². The van der Waals surface area contributed by atoms with Crippen LogP contribution in [0.3, 0.4) is 0 Å². The second-order valence-corrected chi connectivity index (χ2v) is 5.23. The van der Waals surface area contributed by atoms with Crippen molar-refractivity contribution >= 4 is 5.97 Å². The maximum Gasteiger partial charge on any atom is 0.319 e. The number of rotatable bonds is 5. The summed E-state index contributed by atoms with van der Waals surface area (Å²) < 4.78 is 7.06. The maximum absolute atomic E-state index is 12.4. The molecule has 19 heavy (non-hydrogen) atoms. The van der Waals surface area contributed by atoms with Gasteiger partial charge in [0.2, 0.25) is 0 Å². The SMILES string of the molecule is CCCc1nc(C2(C(=O)OCC)CCCC2)n(C)n1. The lowest BCUT2D eigenvalue weighted by Gasteiger charge is -2.24. The molecule has 1 saturated carbocycles. The highest BCUT2D eigenvalue weighted by atomic mass is 16.5. The molecule has 5 nitrogen and oxygen atoms in total. The van der Waals surface area contributed by atoms with Gasteiger partial charge >= 0.3 is 5.97 Å². The maximum atomic E-state index is 12.4. The average Bonchev–Trinajstić information content (AvgIpc) is 2.98. The normalized spacial score (nSPS) is 17.6. The molecule has 1 aromatic heterocycles. The molecule has 0 radical (unpaired) electrons. The number of carbonyl (C=O) groups is 1. The second-order valence-electron chi connectivity index (χ2n) is 5.23. The summed E-state index contributed by atoms with van der Waals surface area (Å²) in [5, 5.41) is 4.43. The predicted molar refractivity (Wildman–Crippen MR) is 71.8 cm³/mol. The fraction of sp³-hybridized carbons (Fsp3) is 0.786. The molecule has 106 valence electrons. The smallest absolute Gasteiger partial charge is 0.319 e. The van der Waals surface area contributed by atoms with Gasteiger partial charge in [-0.1, -0.05) is 19.8 Å². The first-order valence-electron chi connectivity index (χ1n) is 7.21. The highest BCUT2D eigenvalue weighted by Gasteiger charge is 2.47. The Morgan fingerprint density at radius 1 is 1.37 bits per heavy atom. The van der Waals surface area contributed by atoms with Crippen molar-refractivity contribution in [2.75, 3.05) is 6.61 Å². The zero-order chi connectivity index (χ0) is 13.9. The van der Waals surface area contributed by atoms with Crippen LogP contribution in [0.5, 0.6) is 0 Å². The van der Waals surface area contributed by atoms with Crippen molar-refractivity contribution in [1.82, 2.24) is 14.8 Å². The van der Waals surface area contributed by atoms with Crippen molar-refractivity contribution in [3.05, 3.63) is 11.6 Å². The van der Waals surface area contributed by atoms with Gasteiger partial charge in [0.25, 0.3) is 0 Å². The van der Waals surface area contributed by atoms with Gasteiger partial charge in [-0.3, -0.25) is 9.48 Å². The standard InChI is InChI=1S/C14H23N3O2/c1-4-8-11-15-12(17(3)16-11)14(9-6-7-10-14)13(18)19-5-2/h4-10H2,1-3H3. The molecule has 1 heterocycles. The van der Waals surface area contributed by atoms with Crippen molar-refractivity contribution < 1.29 is 9.53 Å². The van der Waals surface area contributed by atoms with Crippen molar-refractivity contribution in [1.29, 1.82) is 0 Å². The van der Waals surface area contributed by atoms with Crippen LogP contribution in [0, 0.1) is 0 Å². The van der Waals surface area contributed by atoms with E-state index in [1.54, 1.807) is 4.68 Å². The van der Waals surface area contributed by atoms with E-state index in [0.717, 1.165) is 50.2 Å².